The number of nitrogens with zero attached hydrogens (tertiary/aromatic N) is 3. The molecule has 1 saturated heterocycles. The molecule has 0 aromatic carbocycles. The van der Waals surface area contributed by atoms with Crippen molar-refractivity contribution in [1.29, 1.82) is 0 Å². The van der Waals surface area contributed by atoms with Crippen LogP contribution in [0.4, 0.5) is 5.95 Å². The zero-order chi connectivity index (χ0) is 12.5. The van der Waals surface area contributed by atoms with Crippen molar-refractivity contribution in [2.45, 2.75) is 19.8 Å². The third kappa shape index (κ3) is 1.90. The normalized spacial score (nSPS) is 15.3. The quantitative estimate of drug-likeness (QED) is 0.829. The average molecular weight is 245 g/mol. The van der Waals surface area contributed by atoms with E-state index in [0.717, 1.165) is 36.0 Å². The second-order valence-electron chi connectivity index (χ2n) is 4.54. The highest BCUT2D eigenvalue weighted by Crippen LogP contribution is 2.21. The van der Waals surface area contributed by atoms with Gasteiger partial charge in [-0.3, -0.25) is 15.0 Å². The van der Waals surface area contributed by atoms with E-state index < -0.39 is 0 Å². The SMILES string of the molecule is Cc1nc(N2CCCC2)ncc1-c1cc(=O)[nH][nH]1. The number of hydrogen-bond donors (Lipinski definition) is 2. The highest BCUT2D eigenvalue weighted by atomic mass is 16.1. The van der Waals surface area contributed by atoms with E-state index in [9.17, 15) is 4.79 Å². The molecule has 0 aliphatic carbocycles. The van der Waals surface area contributed by atoms with Crippen LogP contribution in [-0.4, -0.2) is 33.3 Å². The molecule has 3 rings (SSSR count). The van der Waals surface area contributed by atoms with Crippen LogP contribution < -0.4 is 10.5 Å². The number of rotatable bonds is 2. The van der Waals surface area contributed by atoms with Crippen molar-refractivity contribution in [3.8, 4) is 11.3 Å². The van der Waals surface area contributed by atoms with Gasteiger partial charge in [0.15, 0.2) is 0 Å². The maximum atomic E-state index is 11.1. The van der Waals surface area contributed by atoms with Crippen LogP contribution in [0.3, 0.4) is 0 Å². The molecule has 18 heavy (non-hydrogen) atoms. The van der Waals surface area contributed by atoms with Crippen molar-refractivity contribution < 1.29 is 0 Å². The molecule has 6 heteroatoms. The molecular formula is C12H15N5O. The second kappa shape index (κ2) is 4.29. The minimum Gasteiger partial charge on any atom is -0.341 e. The van der Waals surface area contributed by atoms with Gasteiger partial charge in [-0.1, -0.05) is 0 Å². The molecule has 2 N–H and O–H groups in total. The minimum atomic E-state index is -0.145. The Morgan fingerprint density at radius 1 is 1.28 bits per heavy atom. The Morgan fingerprint density at radius 3 is 2.67 bits per heavy atom. The van der Waals surface area contributed by atoms with Crippen LogP contribution in [0.25, 0.3) is 11.3 Å². The van der Waals surface area contributed by atoms with Crippen molar-refractivity contribution in [3.05, 3.63) is 28.3 Å². The summed E-state index contributed by atoms with van der Waals surface area (Å²) >= 11 is 0. The summed E-state index contributed by atoms with van der Waals surface area (Å²) in [4.78, 5) is 22.2. The summed E-state index contributed by atoms with van der Waals surface area (Å²) in [5.74, 6) is 0.784. The number of aromatic amines is 2. The van der Waals surface area contributed by atoms with E-state index in [-0.39, 0.29) is 5.56 Å². The van der Waals surface area contributed by atoms with Crippen LogP contribution in [0.5, 0.6) is 0 Å². The van der Waals surface area contributed by atoms with Gasteiger partial charge in [-0.25, -0.2) is 9.97 Å². The molecule has 0 atom stereocenters. The van der Waals surface area contributed by atoms with Crippen LogP contribution in [0.15, 0.2) is 17.1 Å². The summed E-state index contributed by atoms with van der Waals surface area (Å²) in [6.07, 6.45) is 4.18. The molecular weight excluding hydrogens is 230 g/mol. The first-order valence-corrected chi connectivity index (χ1v) is 6.11. The van der Waals surface area contributed by atoms with Crippen LogP contribution >= 0.6 is 0 Å². The topological polar surface area (TPSA) is 77.7 Å². The molecule has 1 aliphatic heterocycles. The maximum Gasteiger partial charge on any atom is 0.264 e. The fourth-order valence-corrected chi connectivity index (χ4v) is 2.27. The Hall–Kier alpha value is -2.11. The molecule has 0 amide bonds. The summed E-state index contributed by atoms with van der Waals surface area (Å²) < 4.78 is 0. The molecule has 3 heterocycles. The number of hydrogen-bond acceptors (Lipinski definition) is 4. The molecule has 1 fully saturated rings. The van der Waals surface area contributed by atoms with Gasteiger partial charge in [0, 0.05) is 30.9 Å². The molecule has 0 spiro atoms. The summed E-state index contributed by atoms with van der Waals surface area (Å²) in [6.45, 7) is 3.99. The van der Waals surface area contributed by atoms with E-state index >= 15 is 0 Å². The predicted molar refractivity (Wildman–Crippen MR) is 68.6 cm³/mol. The molecule has 6 nitrogen and oxygen atoms in total. The van der Waals surface area contributed by atoms with E-state index in [1.54, 1.807) is 6.20 Å². The molecule has 94 valence electrons. The molecule has 0 radical (unpaired) electrons. The first kappa shape index (κ1) is 11.0. The molecule has 1 aliphatic rings. The lowest BCUT2D eigenvalue weighted by Gasteiger charge is -2.15. The van der Waals surface area contributed by atoms with Crippen LogP contribution in [0.1, 0.15) is 18.5 Å². The highest BCUT2D eigenvalue weighted by Gasteiger charge is 2.16. The molecule has 0 unspecified atom stereocenters. The van der Waals surface area contributed by atoms with Gasteiger partial charge >= 0.3 is 0 Å². The van der Waals surface area contributed by atoms with E-state index in [1.807, 2.05) is 6.92 Å². The van der Waals surface area contributed by atoms with Gasteiger partial charge in [-0.15, -0.1) is 0 Å². The fourth-order valence-electron chi connectivity index (χ4n) is 2.27. The summed E-state index contributed by atoms with van der Waals surface area (Å²) in [5.41, 5.74) is 2.32. The third-order valence-electron chi connectivity index (χ3n) is 3.24. The highest BCUT2D eigenvalue weighted by molar-refractivity contribution is 5.61. The van der Waals surface area contributed by atoms with E-state index in [4.69, 9.17) is 0 Å². The second-order valence-corrected chi connectivity index (χ2v) is 4.54. The van der Waals surface area contributed by atoms with Gasteiger partial charge in [0.25, 0.3) is 5.56 Å². The summed E-state index contributed by atoms with van der Waals surface area (Å²) in [7, 11) is 0. The van der Waals surface area contributed by atoms with E-state index in [2.05, 4.69) is 25.1 Å². The first-order valence-electron chi connectivity index (χ1n) is 6.11. The molecule has 2 aromatic rings. The molecule has 2 aromatic heterocycles. The van der Waals surface area contributed by atoms with Gasteiger partial charge in [0.05, 0.1) is 11.4 Å². The Morgan fingerprint density at radius 2 is 2.06 bits per heavy atom. The first-order chi connectivity index (χ1) is 8.74. The summed E-state index contributed by atoms with van der Waals surface area (Å²) in [5, 5.41) is 5.34. The molecule has 0 bridgehead atoms. The lowest BCUT2D eigenvalue weighted by atomic mass is 10.2. The van der Waals surface area contributed by atoms with Crippen LogP contribution in [-0.2, 0) is 0 Å². The standard InChI is InChI=1S/C12H15N5O/c1-8-9(10-6-11(18)16-15-10)7-13-12(14-8)17-4-2-3-5-17/h6-7H,2-5H2,1H3,(H2,15,16,18). The van der Waals surface area contributed by atoms with Gasteiger partial charge in [0.2, 0.25) is 5.95 Å². The van der Waals surface area contributed by atoms with Crippen molar-refractivity contribution >= 4 is 5.95 Å². The Kier molecular flexibility index (Phi) is 2.62. The van der Waals surface area contributed by atoms with E-state index in [1.165, 1.54) is 18.9 Å². The fraction of sp³-hybridized carbons (Fsp3) is 0.417. The Labute approximate surface area is 104 Å². The smallest absolute Gasteiger partial charge is 0.264 e. The Bertz CT molecular complexity index is 609. The van der Waals surface area contributed by atoms with Gasteiger partial charge in [0.1, 0.15) is 0 Å². The molecule has 0 saturated carbocycles. The largest absolute Gasteiger partial charge is 0.341 e. The number of H-pyrrole nitrogens is 2. The minimum absolute atomic E-state index is 0.145. The lowest BCUT2D eigenvalue weighted by molar-refractivity contribution is 0.889. The van der Waals surface area contributed by atoms with Gasteiger partial charge in [-0.2, -0.15) is 0 Å². The van der Waals surface area contributed by atoms with Gasteiger partial charge < -0.3 is 4.90 Å². The van der Waals surface area contributed by atoms with Crippen LogP contribution in [0, 0.1) is 6.92 Å². The monoisotopic (exact) mass is 245 g/mol. The number of aromatic nitrogens is 4. The van der Waals surface area contributed by atoms with E-state index in [0.29, 0.717) is 0 Å². The zero-order valence-corrected chi connectivity index (χ0v) is 10.2. The third-order valence-corrected chi connectivity index (χ3v) is 3.24. The van der Waals surface area contributed by atoms with Gasteiger partial charge in [-0.05, 0) is 19.8 Å². The van der Waals surface area contributed by atoms with Crippen molar-refractivity contribution in [3.63, 3.8) is 0 Å². The Balaban J connectivity index is 1.96. The lowest BCUT2D eigenvalue weighted by Crippen LogP contribution is -2.20. The zero-order valence-electron chi connectivity index (χ0n) is 10.2. The number of nitrogens with one attached hydrogen (secondary N) is 2. The van der Waals surface area contributed by atoms with Crippen molar-refractivity contribution in [2.24, 2.45) is 0 Å². The number of aryl methyl sites for hydroxylation is 1. The average Bonchev–Trinajstić information content (AvgIpc) is 2.99. The predicted octanol–water partition coefficient (Wildman–Crippen LogP) is 1.07. The maximum absolute atomic E-state index is 11.1. The van der Waals surface area contributed by atoms with Crippen molar-refractivity contribution in [2.75, 3.05) is 18.0 Å². The van der Waals surface area contributed by atoms with Crippen molar-refractivity contribution in [1.82, 2.24) is 20.2 Å². The summed E-state index contributed by atoms with van der Waals surface area (Å²) in [6, 6.07) is 1.52. The van der Waals surface area contributed by atoms with Crippen LogP contribution in [0.2, 0.25) is 0 Å². The number of anilines is 1.